The average Bonchev–Trinajstić information content (AvgIpc) is 2.73. The minimum atomic E-state index is 0.203. The van der Waals surface area contributed by atoms with E-state index in [1.807, 2.05) is 24.3 Å². The SMILES string of the molecule is COc1ccc(CCn2cc(O)cn2)cc1. The van der Waals surface area contributed by atoms with Crippen LogP contribution in [-0.4, -0.2) is 22.0 Å². The Morgan fingerprint density at radius 1 is 1.31 bits per heavy atom. The molecule has 1 heterocycles. The van der Waals surface area contributed by atoms with Gasteiger partial charge in [0, 0.05) is 6.54 Å². The number of aryl methyl sites for hydroxylation is 2. The lowest BCUT2D eigenvalue weighted by Gasteiger charge is -2.03. The van der Waals surface area contributed by atoms with Crippen LogP contribution in [0.4, 0.5) is 0 Å². The predicted molar refractivity (Wildman–Crippen MR) is 60.6 cm³/mol. The molecule has 2 aromatic rings. The monoisotopic (exact) mass is 218 g/mol. The summed E-state index contributed by atoms with van der Waals surface area (Å²) in [5.41, 5.74) is 1.22. The van der Waals surface area contributed by atoms with Crippen molar-refractivity contribution in [2.45, 2.75) is 13.0 Å². The molecule has 0 bridgehead atoms. The van der Waals surface area contributed by atoms with Crippen molar-refractivity contribution in [3.05, 3.63) is 42.2 Å². The molecule has 0 radical (unpaired) electrons. The maximum absolute atomic E-state index is 9.12. The lowest BCUT2D eigenvalue weighted by atomic mass is 10.1. The Morgan fingerprint density at radius 2 is 2.06 bits per heavy atom. The summed E-state index contributed by atoms with van der Waals surface area (Å²) in [6.07, 6.45) is 3.93. The van der Waals surface area contributed by atoms with Crippen LogP contribution in [-0.2, 0) is 13.0 Å². The molecule has 4 heteroatoms. The van der Waals surface area contributed by atoms with Crippen molar-refractivity contribution in [1.82, 2.24) is 9.78 Å². The molecule has 0 aliphatic heterocycles. The van der Waals surface area contributed by atoms with Gasteiger partial charge in [0.2, 0.25) is 0 Å². The summed E-state index contributed by atoms with van der Waals surface area (Å²) in [5, 5.41) is 13.1. The Balaban J connectivity index is 1.94. The predicted octanol–water partition coefficient (Wildman–Crippen LogP) is 1.84. The molecule has 0 saturated carbocycles. The number of nitrogens with zero attached hydrogens (tertiary/aromatic N) is 2. The molecule has 0 unspecified atom stereocenters. The van der Waals surface area contributed by atoms with Crippen molar-refractivity contribution in [1.29, 1.82) is 0 Å². The highest BCUT2D eigenvalue weighted by molar-refractivity contribution is 5.27. The maximum atomic E-state index is 9.12. The van der Waals surface area contributed by atoms with Gasteiger partial charge in [-0.25, -0.2) is 0 Å². The van der Waals surface area contributed by atoms with Crippen molar-refractivity contribution in [2.75, 3.05) is 7.11 Å². The zero-order valence-electron chi connectivity index (χ0n) is 9.13. The maximum Gasteiger partial charge on any atom is 0.153 e. The topological polar surface area (TPSA) is 47.3 Å². The van der Waals surface area contributed by atoms with Crippen molar-refractivity contribution in [3.8, 4) is 11.5 Å². The Kier molecular flexibility index (Phi) is 3.10. The Morgan fingerprint density at radius 3 is 2.62 bits per heavy atom. The Bertz CT molecular complexity index is 448. The van der Waals surface area contributed by atoms with E-state index in [0.717, 1.165) is 18.7 Å². The van der Waals surface area contributed by atoms with Crippen LogP contribution >= 0.6 is 0 Å². The zero-order chi connectivity index (χ0) is 11.4. The van der Waals surface area contributed by atoms with E-state index < -0.39 is 0 Å². The van der Waals surface area contributed by atoms with Gasteiger partial charge in [-0.15, -0.1) is 0 Å². The molecule has 1 aromatic heterocycles. The van der Waals surface area contributed by atoms with Gasteiger partial charge >= 0.3 is 0 Å². The average molecular weight is 218 g/mol. The van der Waals surface area contributed by atoms with Gasteiger partial charge in [0.25, 0.3) is 0 Å². The first kappa shape index (κ1) is 10.5. The minimum Gasteiger partial charge on any atom is -0.505 e. The summed E-state index contributed by atoms with van der Waals surface area (Å²) >= 11 is 0. The van der Waals surface area contributed by atoms with E-state index in [1.165, 1.54) is 11.8 Å². The number of hydrogen-bond donors (Lipinski definition) is 1. The summed E-state index contributed by atoms with van der Waals surface area (Å²) in [4.78, 5) is 0. The van der Waals surface area contributed by atoms with E-state index in [-0.39, 0.29) is 5.75 Å². The molecule has 16 heavy (non-hydrogen) atoms. The highest BCUT2D eigenvalue weighted by atomic mass is 16.5. The molecule has 0 aliphatic rings. The number of aromatic hydroxyl groups is 1. The number of hydrogen-bond acceptors (Lipinski definition) is 3. The number of benzene rings is 1. The number of aromatic nitrogens is 2. The van der Waals surface area contributed by atoms with Crippen LogP contribution in [0, 0.1) is 0 Å². The van der Waals surface area contributed by atoms with E-state index in [2.05, 4.69) is 5.10 Å². The lowest BCUT2D eigenvalue weighted by Crippen LogP contribution is -2.01. The van der Waals surface area contributed by atoms with Gasteiger partial charge in [0.15, 0.2) is 5.75 Å². The molecule has 1 aromatic carbocycles. The molecule has 0 aliphatic carbocycles. The summed E-state index contributed by atoms with van der Waals surface area (Å²) in [7, 11) is 1.65. The molecular formula is C12H14N2O2. The molecule has 0 atom stereocenters. The zero-order valence-corrected chi connectivity index (χ0v) is 9.13. The van der Waals surface area contributed by atoms with Crippen molar-refractivity contribution in [3.63, 3.8) is 0 Å². The van der Waals surface area contributed by atoms with Gasteiger partial charge in [0.1, 0.15) is 5.75 Å². The van der Waals surface area contributed by atoms with Gasteiger partial charge in [-0.3, -0.25) is 4.68 Å². The van der Waals surface area contributed by atoms with Crippen LogP contribution in [0.25, 0.3) is 0 Å². The van der Waals surface area contributed by atoms with E-state index in [0.29, 0.717) is 0 Å². The number of ether oxygens (including phenoxy) is 1. The van der Waals surface area contributed by atoms with Crippen LogP contribution in [0.5, 0.6) is 11.5 Å². The van der Waals surface area contributed by atoms with Gasteiger partial charge in [0.05, 0.1) is 19.5 Å². The van der Waals surface area contributed by atoms with Crippen LogP contribution in [0.1, 0.15) is 5.56 Å². The molecule has 0 amide bonds. The first-order valence-electron chi connectivity index (χ1n) is 5.12. The quantitative estimate of drug-likeness (QED) is 0.851. The second-order valence-corrected chi connectivity index (χ2v) is 3.56. The third-order valence-electron chi connectivity index (χ3n) is 2.41. The van der Waals surface area contributed by atoms with E-state index in [9.17, 15) is 0 Å². The largest absolute Gasteiger partial charge is 0.505 e. The number of methoxy groups -OCH3 is 1. The normalized spacial score (nSPS) is 10.3. The highest BCUT2D eigenvalue weighted by Crippen LogP contribution is 2.12. The van der Waals surface area contributed by atoms with E-state index >= 15 is 0 Å². The summed E-state index contributed by atoms with van der Waals surface area (Å²) in [5.74, 6) is 1.07. The molecule has 1 N–H and O–H groups in total. The van der Waals surface area contributed by atoms with Crippen LogP contribution in [0.2, 0.25) is 0 Å². The Hall–Kier alpha value is -1.97. The van der Waals surface area contributed by atoms with E-state index in [1.54, 1.807) is 18.0 Å². The van der Waals surface area contributed by atoms with Gasteiger partial charge < -0.3 is 9.84 Å². The third kappa shape index (κ3) is 2.53. The third-order valence-corrected chi connectivity index (χ3v) is 2.41. The lowest BCUT2D eigenvalue weighted by molar-refractivity contribution is 0.414. The first-order valence-corrected chi connectivity index (χ1v) is 5.12. The molecule has 0 fully saturated rings. The summed E-state index contributed by atoms with van der Waals surface area (Å²) in [6.45, 7) is 0.757. The second kappa shape index (κ2) is 4.70. The fraction of sp³-hybridized carbons (Fsp3) is 0.250. The van der Waals surface area contributed by atoms with Crippen LogP contribution in [0.15, 0.2) is 36.7 Å². The van der Waals surface area contributed by atoms with Gasteiger partial charge in [-0.05, 0) is 24.1 Å². The highest BCUT2D eigenvalue weighted by Gasteiger charge is 1.98. The molecule has 84 valence electrons. The van der Waals surface area contributed by atoms with Gasteiger partial charge in [-0.2, -0.15) is 5.10 Å². The molecular weight excluding hydrogens is 204 g/mol. The molecule has 0 saturated heterocycles. The van der Waals surface area contributed by atoms with Crippen molar-refractivity contribution in [2.24, 2.45) is 0 Å². The van der Waals surface area contributed by atoms with Crippen molar-refractivity contribution >= 4 is 0 Å². The second-order valence-electron chi connectivity index (χ2n) is 3.56. The van der Waals surface area contributed by atoms with E-state index in [4.69, 9.17) is 9.84 Å². The van der Waals surface area contributed by atoms with Gasteiger partial charge in [-0.1, -0.05) is 12.1 Å². The fourth-order valence-corrected chi connectivity index (χ4v) is 1.51. The molecule has 4 nitrogen and oxygen atoms in total. The fourth-order valence-electron chi connectivity index (χ4n) is 1.51. The van der Waals surface area contributed by atoms with Crippen molar-refractivity contribution < 1.29 is 9.84 Å². The summed E-state index contributed by atoms with van der Waals surface area (Å²) in [6, 6.07) is 7.94. The van der Waals surface area contributed by atoms with Crippen LogP contribution < -0.4 is 4.74 Å². The first-order chi connectivity index (χ1) is 7.78. The molecule has 0 spiro atoms. The number of rotatable bonds is 4. The Labute approximate surface area is 94.1 Å². The standard InChI is InChI=1S/C12H14N2O2/c1-16-12-4-2-10(3-5-12)6-7-14-9-11(15)8-13-14/h2-5,8-9,15H,6-7H2,1H3. The van der Waals surface area contributed by atoms with Crippen LogP contribution in [0.3, 0.4) is 0 Å². The minimum absolute atomic E-state index is 0.203. The summed E-state index contributed by atoms with van der Waals surface area (Å²) < 4.78 is 6.81. The molecule has 2 rings (SSSR count). The smallest absolute Gasteiger partial charge is 0.153 e.